The van der Waals surface area contributed by atoms with Crippen LogP contribution in [0.5, 0.6) is 0 Å². The second kappa shape index (κ2) is 6.88. The highest BCUT2D eigenvalue weighted by molar-refractivity contribution is 5.92. The largest absolute Gasteiger partial charge is 0.278 e. The molecule has 1 aromatic heterocycles. The smallest absolute Gasteiger partial charge is 0.0729 e. The Morgan fingerprint density at radius 3 is 2.65 bits per heavy atom. The van der Waals surface area contributed by atoms with Gasteiger partial charge >= 0.3 is 0 Å². The molecule has 0 unspecified atom stereocenters. The maximum Gasteiger partial charge on any atom is 0.0729 e. The van der Waals surface area contributed by atoms with Crippen LogP contribution in [0, 0.1) is 13.8 Å². The first kappa shape index (κ1) is 15.0. The highest BCUT2D eigenvalue weighted by Crippen LogP contribution is 2.24. The van der Waals surface area contributed by atoms with Crippen LogP contribution >= 0.6 is 0 Å². The van der Waals surface area contributed by atoms with E-state index in [1.165, 1.54) is 5.56 Å². The summed E-state index contributed by atoms with van der Waals surface area (Å²) in [5.41, 5.74) is 8.40. The molecule has 0 saturated carbocycles. The van der Waals surface area contributed by atoms with Gasteiger partial charge in [-0.1, -0.05) is 48.5 Å². The van der Waals surface area contributed by atoms with Crippen molar-refractivity contribution in [2.45, 2.75) is 13.8 Å². The average Bonchev–Trinajstić information content (AvgIpc) is 2.54. The summed E-state index contributed by atoms with van der Waals surface area (Å²) >= 11 is 0. The van der Waals surface area contributed by atoms with Gasteiger partial charge in [0.25, 0.3) is 0 Å². The normalized spacial score (nSPS) is 11.6. The number of rotatable bonds is 4. The Bertz CT molecular complexity index is 859. The third kappa shape index (κ3) is 3.83. The third-order valence-electron chi connectivity index (χ3n) is 3.53. The first-order valence-corrected chi connectivity index (χ1v) is 7.61. The maximum absolute atomic E-state index is 4.58. The van der Waals surface area contributed by atoms with Crippen molar-refractivity contribution in [1.82, 2.24) is 4.98 Å². The van der Waals surface area contributed by atoms with Crippen molar-refractivity contribution < 1.29 is 0 Å². The molecule has 0 spiro atoms. The van der Waals surface area contributed by atoms with E-state index in [1.54, 1.807) is 6.21 Å². The van der Waals surface area contributed by atoms with Crippen molar-refractivity contribution in [3.05, 3.63) is 77.5 Å². The lowest BCUT2D eigenvalue weighted by Gasteiger charge is -2.07. The van der Waals surface area contributed by atoms with E-state index in [0.717, 1.165) is 27.8 Å². The van der Waals surface area contributed by atoms with Crippen molar-refractivity contribution in [3.8, 4) is 0 Å². The van der Waals surface area contributed by atoms with E-state index in [0.29, 0.717) is 0 Å². The molecule has 0 fully saturated rings. The molecule has 0 aliphatic carbocycles. The monoisotopic (exact) mass is 301 g/mol. The molecule has 1 heterocycles. The number of aryl methyl sites for hydroxylation is 2. The standard InChI is InChI=1S/C20H19N3/c1-15-10-11-18-19(13-15)22-16(2)14-20(18)23-21-12-6-9-17-7-4-3-5-8-17/h3-14H,1-2H3,(H,22,23)/b9-6+,21-12+. The molecule has 23 heavy (non-hydrogen) atoms. The third-order valence-corrected chi connectivity index (χ3v) is 3.53. The summed E-state index contributed by atoms with van der Waals surface area (Å²) in [4.78, 5) is 4.58. The minimum atomic E-state index is 0.969. The fraction of sp³-hybridized carbons (Fsp3) is 0.100. The highest BCUT2D eigenvalue weighted by atomic mass is 15.3. The Morgan fingerprint density at radius 1 is 1.00 bits per heavy atom. The lowest BCUT2D eigenvalue weighted by atomic mass is 10.1. The molecule has 0 radical (unpaired) electrons. The molecule has 0 bridgehead atoms. The molecule has 114 valence electrons. The van der Waals surface area contributed by atoms with Crippen molar-refractivity contribution >= 4 is 28.9 Å². The second-order valence-corrected chi connectivity index (χ2v) is 5.49. The molecule has 0 atom stereocenters. The van der Waals surface area contributed by atoms with E-state index < -0.39 is 0 Å². The minimum absolute atomic E-state index is 0.969. The van der Waals surface area contributed by atoms with Crippen molar-refractivity contribution in [3.63, 3.8) is 0 Å². The quantitative estimate of drug-likeness (QED) is 0.546. The fourth-order valence-electron chi connectivity index (χ4n) is 2.43. The van der Waals surface area contributed by atoms with E-state index in [9.17, 15) is 0 Å². The number of nitrogens with zero attached hydrogens (tertiary/aromatic N) is 2. The van der Waals surface area contributed by atoms with Gasteiger partial charge in [0.2, 0.25) is 0 Å². The summed E-state index contributed by atoms with van der Waals surface area (Å²) in [5, 5.41) is 5.36. The number of hydrogen-bond acceptors (Lipinski definition) is 3. The van der Waals surface area contributed by atoms with E-state index in [4.69, 9.17) is 0 Å². The van der Waals surface area contributed by atoms with Crippen molar-refractivity contribution in [2.75, 3.05) is 5.43 Å². The van der Waals surface area contributed by atoms with E-state index in [1.807, 2.05) is 43.3 Å². The lowest BCUT2D eigenvalue weighted by Crippen LogP contribution is -1.94. The van der Waals surface area contributed by atoms with Gasteiger partial charge < -0.3 is 0 Å². The van der Waals surface area contributed by atoms with Crippen molar-refractivity contribution in [1.29, 1.82) is 0 Å². The number of allylic oxidation sites excluding steroid dienone is 1. The van der Waals surface area contributed by atoms with Crippen LogP contribution in [-0.2, 0) is 0 Å². The number of fused-ring (bicyclic) bond motifs is 1. The zero-order chi connectivity index (χ0) is 16.1. The summed E-state index contributed by atoms with van der Waals surface area (Å²) < 4.78 is 0. The van der Waals surface area contributed by atoms with E-state index >= 15 is 0 Å². The Morgan fingerprint density at radius 2 is 1.83 bits per heavy atom. The van der Waals surface area contributed by atoms with Crippen LogP contribution in [0.15, 0.2) is 65.8 Å². The lowest BCUT2D eigenvalue weighted by molar-refractivity contribution is 1.24. The number of anilines is 1. The number of nitrogens with one attached hydrogen (secondary N) is 1. The zero-order valence-electron chi connectivity index (χ0n) is 13.3. The molecule has 3 rings (SSSR count). The van der Waals surface area contributed by atoms with Crippen LogP contribution in [0.4, 0.5) is 5.69 Å². The van der Waals surface area contributed by atoms with E-state index in [-0.39, 0.29) is 0 Å². The molecule has 2 aromatic carbocycles. The van der Waals surface area contributed by atoms with Gasteiger partial charge in [0.05, 0.1) is 11.2 Å². The van der Waals surface area contributed by atoms with Crippen LogP contribution in [0.25, 0.3) is 17.0 Å². The average molecular weight is 301 g/mol. The highest BCUT2D eigenvalue weighted by Gasteiger charge is 2.03. The second-order valence-electron chi connectivity index (χ2n) is 5.49. The summed E-state index contributed by atoms with van der Waals surface area (Å²) in [6, 6.07) is 18.4. The van der Waals surface area contributed by atoms with Crippen molar-refractivity contribution in [2.24, 2.45) is 5.10 Å². The van der Waals surface area contributed by atoms with Gasteiger partial charge in [0, 0.05) is 17.3 Å². The minimum Gasteiger partial charge on any atom is -0.278 e. The Labute approximate surface area is 136 Å². The van der Waals surface area contributed by atoms with Crippen LogP contribution in [-0.4, -0.2) is 11.2 Å². The molecule has 0 aliphatic rings. The number of hydrazone groups is 1. The summed E-state index contributed by atoms with van der Waals surface area (Å²) in [5.74, 6) is 0. The molecule has 1 N–H and O–H groups in total. The van der Waals surface area contributed by atoms with Gasteiger partial charge in [-0.05, 0) is 43.2 Å². The molecule has 0 aliphatic heterocycles. The summed E-state index contributed by atoms with van der Waals surface area (Å²) in [6.45, 7) is 4.06. The van der Waals surface area contributed by atoms with Gasteiger partial charge in [-0.25, -0.2) is 0 Å². The van der Waals surface area contributed by atoms with Crippen LogP contribution in [0.1, 0.15) is 16.8 Å². The number of aromatic nitrogens is 1. The molecule has 3 heteroatoms. The topological polar surface area (TPSA) is 37.3 Å². The number of hydrogen-bond donors (Lipinski definition) is 1. The zero-order valence-corrected chi connectivity index (χ0v) is 13.3. The SMILES string of the molecule is Cc1ccc2c(N/N=C/C=C/c3ccccc3)cc(C)nc2c1. The maximum atomic E-state index is 4.58. The Balaban J connectivity index is 1.76. The van der Waals surface area contributed by atoms with Crippen LogP contribution in [0.3, 0.4) is 0 Å². The molecular formula is C20H19N3. The molecule has 0 amide bonds. The Hall–Kier alpha value is -2.94. The summed E-state index contributed by atoms with van der Waals surface area (Å²) in [7, 11) is 0. The van der Waals surface area contributed by atoms with Gasteiger partial charge in [0.15, 0.2) is 0 Å². The van der Waals surface area contributed by atoms with Gasteiger partial charge in [-0.3, -0.25) is 10.4 Å². The molecule has 3 nitrogen and oxygen atoms in total. The predicted octanol–water partition coefficient (Wildman–Crippen LogP) is 4.96. The van der Waals surface area contributed by atoms with Gasteiger partial charge in [-0.2, -0.15) is 5.10 Å². The number of pyridine rings is 1. The van der Waals surface area contributed by atoms with Crippen LogP contribution < -0.4 is 5.43 Å². The number of benzene rings is 2. The van der Waals surface area contributed by atoms with Crippen LogP contribution in [0.2, 0.25) is 0 Å². The summed E-state index contributed by atoms with van der Waals surface area (Å²) in [6.07, 6.45) is 5.69. The Kier molecular flexibility index (Phi) is 4.48. The molecular weight excluding hydrogens is 282 g/mol. The fourth-order valence-corrected chi connectivity index (χ4v) is 2.43. The molecule has 0 saturated heterocycles. The first-order chi connectivity index (χ1) is 11.2. The first-order valence-electron chi connectivity index (χ1n) is 7.61. The van der Waals surface area contributed by atoms with Gasteiger partial charge in [0.1, 0.15) is 0 Å². The molecule has 3 aromatic rings. The predicted molar refractivity (Wildman–Crippen MR) is 98.8 cm³/mol. The van der Waals surface area contributed by atoms with E-state index in [2.05, 4.69) is 52.8 Å². The van der Waals surface area contributed by atoms with Gasteiger partial charge in [-0.15, -0.1) is 0 Å².